The van der Waals surface area contributed by atoms with Gasteiger partial charge in [-0.1, -0.05) is 18.2 Å². The standard InChI is InChI=1S/C13H18FNO3/c1-17-7-12-10(6-16)13(15,8-18-12)9-4-2-3-5-11(9)14/h2-5,10,12,16H,6-8,15H2,1H3/t10-,12-,13?/m1/s1. The molecule has 1 saturated heterocycles. The largest absolute Gasteiger partial charge is 0.396 e. The molecule has 1 fully saturated rings. The molecule has 5 heteroatoms. The highest BCUT2D eigenvalue weighted by Gasteiger charge is 2.48. The third-order valence-corrected chi connectivity index (χ3v) is 3.55. The van der Waals surface area contributed by atoms with Crippen molar-refractivity contribution in [3.05, 3.63) is 35.6 Å². The molecule has 1 aliphatic heterocycles. The second-order valence-electron chi connectivity index (χ2n) is 4.61. The van der Waals surface area contributed by atoms with Gasteiger partial charge in [0.15, 0.2) is 0 Å². The molecule has 1 unspecified atom stereocenters. The molecule has 0 radical (unpaired) electrons. The summed E-state index contributed by atoms with van der Waals surface area (Å²) in [6.45, 7) is 0.338. The van der Waals surface area contributed by atoms with E-state index in [0.717, 1.165) is 0 Å². The molecule has 0 aliphatic carbocycles. The Morgan fingerprint density at radius 3 is 2.89 bits per heavy atom. The van der Waals surface area contributed by atoms with Crippen molar-refractivity contribution in [1.82, 2.24) is 0 Å². The molecule has 1 heterocycles. The topological polar surface area (TPSA) is 64.7 Å². The fourth-order valence-electron chi connectivity index (χ4n) is 2.53. The second-order valence-corrected chi connectivity index (χ2v) is 4.61. The lowest BCUT2D eigenvalue weighted by molar-refractivity contribution is 0.00958. The number of methoxy groups -OCH3 is 1. The number of benzene rings is 1. The van der Waals surface area contributed by atoms with Crippen molar-refractivity contribution in [2.24, 2.45) is 11.7 Å². The van der Waals surface area contributed by atoms with E-state index in [1.54, 1.807) is 25.3 Å². The van der Waals surface area contributed by atoms with Gasteiger partial charge in [-0.2, -0.15) is 0 Å². The fourth-order valence-corrected chi connectivity index (χ4v) is 2.53. The summed E-state index contributed by atoms with van der Waals surface area (Å²) in [5.41, 5.74) is 5.64. The summed E-state index contributed by atoms with van der Waals surface area (Å²) in [5.74, 6) is -0.755. The van der Waals surface area contributed by atoms with E-state index in [1.165, 1.54) is 6.07 Å². The number of halogens is 1. The summed E-state index contributed by atoms with van der Waals surface area (Å²) in [4.78, 5) is 0. The first-order valence-electron chi connectivity index (χ1n) is 5.88. The van der Waals surface area contributed by atoms with Crippen LogP contribution in [0.1, 0.15) is 5.56 Å². The van der Waals surface area contributed by atoms with Crippen LogP contribution in [0.15, 0.2) is 24.3 Å². The SMILES string of the molecule is COC[C@H]1OCC(N)(c2ccccc2F)[C@@H]1CO. The average Bonchev–Trinajstić information content (AvgIpc) is 2.68. The van der Waals surface area contributed by atoms with Gasteiger partial charge in [0.1, 0.15) is 5.82 Å². The Kier molecular flexibility index (Phi) is 3.97. The van der Waals surface area contributed by atoms with Crippen molar-refractivity contribution in [3.63, 3.8) is 0 Å². The van der Waals surface area contributed by atoms with Gasteiger partial charge in [-0.25, -0.2) is 4.39 Å². The molecule has 0 spiro atoms. The first kappa shape index (κ1) is 13.4. The summed E-state index contributed by atoms with van der Waals surface area (Å²) in [7, 11) is 1.55. The van der Waals surface area contributed by atoms with Crippen molar-refractivity contribution < 1.29 is 19.0 Å². The van der Waals surface area contributed by atoms with Crippen LogP contribution in [0.4, 0.5) is 4.39 Å². The van der Waals surface area contributed by atoms with Crippen LogP contribution in [0.3, 0.4) is 0 Å². The summed E-state index contributed by atoms with van der Waals surface area (Å²) < 4.78 is 24.4. The lowest BCUT2D eigenvalue weighted by atomic mass is 9.79. The van der Waals surface area contributed by atoms with Crippen molar-refractivity contribution >= 4 is 0 Å². The third kappa shape index (κ3) is 2.14. The summed E-state index contributed by atoms with van der Waals surface area (Å²) in [6, 6.07) is 6.34. The zero-order chi connectivity index (χ0) is 13.2. The van der Waals surface area contributed by atoms with Crippen LogP contribution in [0.2, 0.25) is 0 Å². The highest BCUT2D eigenvalue weighted by atomic mass is 19.1. The molecule has 4 nitrogen and oxygen atoms in total. The smallest absolute Gasteiger partial charge is 0.128 e. The maximum atomic E-state index is 13.9. The van der Waals surface area contributed by atoms with Gasteiger partial charge in [0, 0.05) is 18.6 Å². The zero-order valence-electron chi connectivity index (χ0n) is 10.3. The Labute approximate surface area is 106 Å². The molecule has 0 saturated carbocycles. The van der Waals surface area contributed by atoms with Gasteiger partial charge in [0.05, 0.1) is 31.5 Å². The quantitative estimate of drug-likeness (QED) is 0.828. The van der Waals surface area contributed by atoms with E-state index in [2.05, 4.69) is 0 Å². The Morgan fingerprint density at radius 2 is 2.28 bits per heavy atom. The lowest BCUT2D eigenvalue weighted by Gasteiger charge is -2.31. The van der Waals surface area contributed by atoms with E-state index in [1.807, 2.05) is 0 Å². The van der Waals surface area contributed by atoms with Gasteiger partial charge in [-0.15, -0.1) is 0 Å². The second kappa shape index (κ2) is 5.32. The summed E-state index contributed by atoms with van der Waals surface area (Å²) in [5, 5.41) is 9.51. The van der Waals surface area contributed by atoms with Gasteiger partial charge < -0.3 is 20.3 Å². The number of rotatable bonds is 4. The van der Waals surface area contributed by atoms with Crippen LogP contribution >= 0.6 is 0 Å². The number of ether oxygens (including phenoxy) is 2. The molecule has 1 aromatic rings. The number of nitrogens with two attached hydrogens (primary N) is 1. The molecule has 2 rings (SSSR count). The van der Waals surface area contributed by atoms with Crippen LogP contribution in [-0.4, -0.2) is 38.1 Å². The molecule has 1 aromatic carbocycles. The monoisotopic (exact) mass is 255 g/mol. The van der Waals surface area contributed by atoms with E-state index in [9.17, 15) is 9.50 Å². The fraction of sp³-hybridized carbons (Fsp3) is 0.538. The molecule has 3 atom stereocenters. The number of aliphatic hydroxyl groups is 1. The highest BCUT2D eigenvalue weighted by molar-refractivity contribution is 5.29. The van der Waals surface area contributed by atoms with E-state index < -0.39 is 5.54 Å². The van der Waals surface area contributed by atoms with Crippen molar-refractivity contribution in [3.8, 4) is 0 Å². The minimum Gasteiger partial charge on any atom is -0.396 e. The van der Waals surface area contributed by atoms with Crippen LogP contribution in [0.5, 0.6) is 0 Å². The molecule has 0 aromatic heterocycles. The van der Waals surface area contributed by atoms with E-state index in [0.29, 0.717) is 12.2 Å². The number of hydrogen-bond acceptors (Lipinski definition) is 4. The Bertz CT molecular complexity index is 415. The van der Waals surface area contributed by atoms with Gasteiger partial charge in [0.25, 0.3) is 0 Å². The predicted octanol–water partition coefficient (Wildman–Crippen LogP) is 0.633. The summed E-state index contributed by atoms with van der Waals surface area (Å²) >= 11 is 0. The predicted molar refractivity (Wildman–Crippen MR) is 64.5 cm³/mol. The first-order valence-corrected chi connectivity index (χ1v) is 5.88. The average molecular weight is 255 g/mol. The normalized spacial score (nSPS) is 31.8. The zero-order valence-corrected chi connectivity index (χ0v) is 10.3. The highest BCUT2D eigenvalue weighted by Crippen LogP contribution is 2.38. The van der Waals surface area contributed by atoms with E-state index in [-0.39, 0.29) is 31.1 Å². The van der Waals surface area contributed by atoms with Crippen molar-refractivity contribution in [2.45, 2.75) is 11.6 Å². The van der Waals surface area contributed by atoms with Gasteiger partial charge in [-0.3, -0.25) is 0 Å². The molecule has 0 bridgehead atoms. The number of aliphatic hydroxyl groups excluding tert-OH is 1. The van der Waals surface area contributed by atoms with Crippen molar-refractivity contribution in [2.75, 3.05) is 26.9 Å². The van der Waals surface area contributed by atoms with Crippen molar-refractivity contribution in [1.29, 1.82) is 0 Å². The Morgan fingerprint density at radius 1 is 1.56 bits per heavy atom. The molecular formula is C13H18FNO3. The van der Waals surface area contributed by atoms with Gasteiger partial charge >= 0.3 is 0 Å². The minimum absolute atomic E-state index is 0.168. The molecule has 18 heavy (non-hydrogen) atoms. The van der Waals surface area contributed by atoms with Crippen LogP contribution in [0.25, 0.3) is 0 Å². The molecular weight excluding hydrogens is 237 g/mol. The lowest BCUT2D eigenvalue weighted by Crippen LogP contribution is -2.48. The molecule has 100 valence electrons. The van der Waals surface area contributed by atoms with Gasteiger partial charge in [0.2, 0.25) is 0 Å². The van der Waals surface area contributed by atoms with E-state index in [4.69, 9.17) is 15.2 Å². The van der Waals surface area contributed by atoms with Gasteiger partial charge in [-0.05, 0) is 6.07 Å². The molecule has 1 aliphatic rings. The molecule has 0 amide bonds. The van der Waals surface area contributed by atoms with Crippen LogP contribution in [-0.2, 0) is 15.0 Å². The molecule has 3 N–H and O–H groups in total. The Hall–Kier alpha value is -1.01. The Balaban J connectivity index is 2.33. The van der Waals surface area contributed by atoms with E-state index >= 15 is 0 Å². The third-order valence-electron chi connectivity index (χ3n) is 3.55. The number of hydrogen-bond donors (Lipinski definition) is 2. The minimum atomic E-state index is -1.01. The maximum absolute atomic E-state index is 13.9. The van der Waals surface area contributed by atoms with Crippen LogP contribution in [0, 0.1) is 11.7 Å². The summed E-state index contributed by atoms with van der Waals surface area (Å²) in [6.07, 6.45) is -0.315. The maximum Gasteiger partial charge on any atom is 0.128 e. The first-order chi connectivity index (χ1) is 8.63. The van der Waals surface area contributed by atoms with Crippen LogP contribution < -0.4 is 5.73 Å².